The summed E-state index contributed by atoms with van der Waals surface area (Å²) in [7, 11) is 0. The van der Waals surface area contributed by atoms with E-state index in [4.69, 9.17) is 4.74 Å². The van der Waals surface area contributed by atoms with Gasteiger partial charge in [-0.1, -0.05) is 36.9 Å². The molecule has 0 aliphatic carbocycles. The lowest BCUT2D eigenvalue weighted by atomic mass is 9.99. The lowest BCUT2D eigenvalue weighted by Crippen LogP contribution is -2.42. The summed E-state index contributed by atoms with van der Waals surface area (Å²) < 4.78 is 5.35. The quantitative estimate of drug-likeness (QED) is 0.880. The van der Waals surface area contributed by atoms with E-state index in [0.717, 1.165) is 24.2 Å². The zero-order chi connectivity index (χ0) is 13.0. The van der Waals surface area contributed by atoms with Crippen LogP contribution in [0.1, 0.15) is 17.2 Å². The molecule has 1 aromatic carbocycles. The summed E-state index contributed by atoms with van der Waals surface area (Å²) in [6.45, 7) is 10.6. The van der Waals surface area contributed by atoms with Crippen LogP contribution in [0.2, 0.25) is 0 Å². The van der Waals surface area contributed by atoms with Gasteiger partial charge in [0.25, 0.3) is 0 Å². The number of ether oxygens (including phenoxy) is 1. The Morgan fingerprint density at radius 3 is 2.33 bits per heavy atom. The summed E-state index contributed by atoms with van der Waals surface area (Å²) in [5.41, 5.74) is 2.17. The van der Waals surface area contributed by atoms with Crippen LogP contribution in [0.4, 0.5) is 0 Å². The number of hydrogen-bond acceptors (Lipinski definition) is 3. The van der Waals surface area contributed by atoms with Crippen LogP contribution in [-0.2, 0) is 4.74 Å². The molecule has 1 saturated heterocycles. The van der Waals surface area contributed by atoms with E-state index in [9.17, 15) is 5.11 Å². The molecule has 97 valence electrons. The fraction of sp³-hybridized carbons (Fsp3) is 0.400. The molecular weight excluding hydrogens is 226 g/mol. The van der Waals surface area contributed by atoms with Crippen molar-refractivity contribution in [2.24, 2.45) is 0 Å². The Labute approximate surface area is 109 Å². The van der Waals surface area contributed by atoms with Crippen LogP contribution < -0.4 is 0 Å². The van der Waals surface area contributed by atoms with Crippen LogP contribution in [-0.4, -0.2) is 42.4 Å². The van der Waals surface area contributed by atoms with E-state index in [1.807, 2.05) is 30.3 Å². The van der Waals surface area contributed by atoms with Gasteiger partial charge in [0, 0.05) is 13.1 Å². The summed E-state index contributed by atoms with van der Waals surface area (Å²) >= 11 is 0. The number of benzene rings is 1. The zero-order valence-electron chi connectivity index (χ0n) is 10.6. The third-order valence-electron chi connectivity index (χ3n) is 3.32. The molecule has 0 aromatic heterocycles. The molecule has 2 rings (SSSR count). The van der Waals surface area contributed by atoms with E-state index in [1.165, 1.54) is 0 Å². The van der Waals surface area contributed by atoms with Crippen molar-refractivity contribution < 1.29 is 9.84 Å². The van der Waals surface area contributed by atoms with Crippen LogP contribution >= 0.6 is 0 Å². The number of morpholine rings is 1. The summed E-state index contributed by atoms with van der Waals surface area (Å²) in [6.07, 6.45) is 1.17. The first-order chi connectivity index (χ1) is 8.72. The van der Waals surface area contributed by atoms with Crippen molar-refractivity contribution in [2.45, 2.75) is 12.1 Å². The third-order valence-corrected chi connectivity index (χ3v) is 3.32. The van der Waals surface area contributed by atoms with Gasteiger partial charge in [-0.3, -0.25) is 4.90 Å². The van der Waals surface area contributed by atoms with Crippen molar-refractivity contribution in [3.63, 3.8) is 0 Å². The largest absolute Gasteiger partial charge is 0.391 e. The topological polar surface area (TPSA) is 32.7 Å². The summed E-state index contributed by atoms with van der Waals surface area (Å²) in [5, 5.41) is 9.93. The maximum absolute atomic E-state index is 9.93. The average Bonchev–Trinajstić information content (AvgIpc) is 2.40. The second kappa shape index (κ2) is 6.14. The highest BCUT2D eigenvalue weighted by molar-refractivity contribution is 5.47. The van der Waals surface area contributed by atoms with Crippen LogP contribution in [0.25, 0.3) is 6.08 Å². The second-order valence-electron chi connectivity index (χ2n) is 4.53. The van der Waals surface area contributed by atoms with Gasteiger partial charge in [-0.2, -0.15) is 0 Å². The van der Waals surface area contributed by atoms with Gasteiger partial charge in [0.1, 0.15) is 0 Å². The predicted molar refractivity (Wildman–Crippen MR) is 73.0 cm³/mol. The molecule has 0 spiro atoms. The molecule has 0 saturated carbocycles. The van der Waals surface area contributed by atoms with E-state index in [-0.39, 0.29) is 6.04 Å². The van der Waals surface area contributed by atoms with E-state index < -0.39 is 6.10 Å². The molecule has 18 heavy (non-hydrogen) atoms. The van der Waals surface area contributed by atoms with Crippen molar-refractivity contribution in [1.29, 1.82) is 0 Å². The highest BCUT2D eigenvalue weighted by Gasteiger charge is 2.26. The van der Waals surface area contributed by atoms with Crippen molar-refractivity contribution in [1.82, 2.24) is 4.90 Å². The number of aliphatic hydroxyl groups excluding tert-OH is 1. The molecule has 3 nitrogen and oxygen atoms in total. The standard InChI is InChI=1S/C15H20NO2/c1-3-13-4-6-14(7-5-13)15(12(2)17)16-8-10-18-11-9-16/h3-7,12,15,17H,1-2,8-11H2. The van der Waals surface area contributed by atoms with Gasteiger partial charge >= 0.3 is 0 Å². The molecule has 1 fully saturated rings. The fourth-order valence-corrected chi connectivity index (χ4v) is 2.36. The molecule has 1 aliphatic rings. The molecule has 0 amide bonds. The van der Waals surface area contributed by atoms with Crippen molar-refractivity contribution in [3.05, 3.63) is 48.9 Å². The first kappa shape index (κ1) is 13.3. The van der Waals surface area contributed by atoms with Crippen LogP contribution in [0.5, 0.6) is 0 Å². The highest BCUT2D eigenvalue weighted by atomic mass is 16.5. The Bertz CT molecular complexity index is 380. The van der Waals surface area contributed by atoms with Gasteiger partial charge < -0.3 is 9.84 Å². The van der Waals surface area contributed by atoms with Crippen LogP contribution in [0.3, 0.4) is 0 Å². The number of nitrogens with zero attached hydrogens (tertiary/aromatic N) is 1. The van der Waals surface area contributed by atoms with Gasteiger partial charge in [0.15, 0.2) is 0 Å². The lowest BCUT2D eigenvalue weighted by Gasteiger charge is -2.36. The Morgan fingerprint density at radius 2 is 1.83 bits per heavy atom. The smallest absolute Gasteiger partial charge is 0.0738 e. The maximum Gasteiger partial charge on any atom is 0.0738 e. The van der Waals surface area contributed by atoms with E-state index in [1.54, 1.807) is 0 Å². The van der Waals surface area contributed by atoms with E-state index in [0.29, 0.717) is 13.2 Å². The molecule has 2 unspecified atom stereocenters. The van der Waals surface area contributed by atoms with Gasteiger partial charge in [-0.15, -0.1) is 0 Å². The Balaban J connectivity index is 2.19. The Kier molecular flexibility index (Phi) is 4.53. The predicted octanol–water partition coefficient (Wildman–Crippen LogP) is 1.90. The number of aliphatic hydroxyl groups is 1. The molecule has 1 heterocycles. The molecule has 1 aliphatic heterocycles. The summed E-state index contributed by atoms with van der Waals surface area (Å²) in [6, 6.07) is 8.03. The molecule has 3 heteroatoms. The Hall–Kier alpha value is -1.16. The summed E-state index contributed by atoms with van der Waals surface area (Å²) in [4.78, 5) is 2.23. The average molecular weight is 246 g/mol. The first-order valence-corrected chi connectivity index (χ1v) is 6.27. The lowest BCUT2D eigenvalue weighted by molar-refractivity contribution is -0.0121. The maximum atomic E-state index is 9.93. The van der Waals surface area contributed by atoms with Crippen molar-refractivity contribution >= 4 is 6.08 Å². The monoisotopic (exact) mass is 246 g/mol. The van der Waals surface area contributed by atoms with Gasteiger partial charge in [0.2, 0.25) is 0 Å². The van der Waals surface area contributed by atoms with E-state index >= 15 is 0 Å². The molecule has 1 N–H and O–H groups in total. The zero-order valence-corrected chi connectivity index (χ0v) is 10.6. The highest BCUT2D eigenvalue weighted by Crippen LogP contribution is 2.25. The molecule has 2 atom stereocenters. The molecule has 1 aromatic rings. The van der Waals surface area contributed by atoms with Crippen molar-refractivity contribution in [2.75, 3.05) is 26.3 Å². The van der Waals surface area contributed by atoms with Gasteiger partial charge in [-0.05, 0) is 18.1 Å². The first-order valence-electron chi connectivity index (χ1n) is 6.27. The van der Waals surface area contributed by atoms with Crippen molar-refractivity contribution in [3.8, 4) is 0 Å². The minimum absolute atomic E-state index is 0.0623. The molecule has 1 radical (unpaired) electrons. The van der Waals surface area contributed by atoms with E-state index in [2.05, 4.69) is 18.4 Å². The number of hydrogen-bond donors (Lipinski definition) is 1. The normalized spacial score (nSPS) is 20.3. The third kappa shape index (κ3) is 2.99. The molecule has 0 bridgehead atoms. The minimum atomic E-state index is -0.641. The van der Waals surface area contributed by atoms with Gasteiger partial charge in [-0.25, -0.2) is 0 Å². The van der Waals surface area contributed by atoms with Gasteiger partial charge in [0.05, 0.1) is 25.4 Å². The molecular formula is C15H20NO2. The van der Waals surface area contributed by atoms with Crippen LogP contribution in [0, 0.1) is 6.92 Å². The summed E-state index contributed by atoms with van der Waals surface area (Å²) in [5.74, 6) is 0. The fourth-order valence-electron chi connectivity index (χ4n) is 2.36. The number of rotatable bonds is 4. The minimum Gasteiger partial charge on any atom is -0.391 e. The second-order valence-corrected chi connectivity index (χ2v) is 4.53. The van der Waals surface area contributed by atoms with Crippen LogP contribution in [0.15, 0.2) is 30.8 Å². The SMILES string of the molecule is [CH2]C(O)C(c1ccc(C=C)cc1)N1CCOCC1. The Morgan fingerprint density at radius 1 is 1.22 bits per heavy atom.